The van der Waals surface area contributed by atoms with Gasteiger partial charge in [-0.05, 0) is 25.5 Å². The zero-order valence-corrected chi connectivity index (χ0v) is 9.60. The number of nitrogens with two attached hydrogens (primary N) is 1. The minimum Gasteiger partial charge on any atom is -0.468 e. The van der Waals surface area contributed by atoms with E-state index in [-0.39, 0.29) is 12.6 Å². The number of aliphatic hydroxyl groups is 1. The lowest BCUT2D eigenvalue weighted by Gasteiger charge is -2.20. The Morgan fingerprint density at radius 3 is 2.71 bits per heavy atom. The van der Waals surface area contributed by atoms with Crippen molar-refractivity contribution in [3.63, 3.8) is 0 Å². The van der Waals surface area contributed by atoms with E-state index in [9.17, 15) is 4.79 Å². The molecule has 5 heteroatoms. The number of carbonyl (C=O) groups is 1. The molecule has 0 heterocycles. The Bertz CT molecular complexity index is 173. The van der Waals surface area contributed by atoms with Gasteiger partial charge in [-0.2, -0.15) is 11.8 Å². The van der Waals surface area contributed by atoms with Crippen molar-refractivity contribution < 1.29 is 14.6 Å². The van der Waals surface area contributed by atoms with Crippen LogP contribution in [0.15, 0.2) is 0 Å². The smallest absolute Gasteiger partial charge is 0.325 e. The molecule has 0 rings (SSSR count). The fourth-order valence-corrected chi connectivity index (χ4v) is 1.72. The van der Waals surface area contributed by atoms with Crippen molar-refractivity contribution in [1.29, 1.82) is 0 Å². The van der Waals surface area contributed by atoms with Gasteiger partial charge in [0.05, 0.1) is 13.7 Å². The van der Waals surface area contributed by atoms with E-state index >= 15 is 0 Å². The molecule has 14 heavy (non-hydrogen) atoms. The maximum absolute atomic E-state index is 11.2. The summed E-state index contributed by atoms with van der Waals surface area (Å²) in [6.07, 6.45) is 1.46. The molecule has 0 bridgehead atoms. The van der Waals surface area contributed by atoms with Crippen LogP contribution in [0.1, 0.15) is 19.8 Å². The fraction of sp³-hybridized carbons (Fsp3) is 0.889. The largest absolute Gasteiger partial charge is 0.468 e. The van der Waals surface area contributed by atoms with Crippen LogP contribution in [0.25, 0.3) is 0 Å². The molecule has 0 aromatic carbocycles. The first-order chi connectivity index (χ1) is 6.54. The lowest BCUT2D eigenvalue weighted by atomic mass is 9.98. The summed E-state index contributed by atoms with van der Waals surface area (Å²) in [5.41, 5.74) is 4.87. The van der Waals surface area contributed by atoms with Gasteiger partial charge in [0.1, 0.15) is 5.54 Å². The van der Waals surface area contributed by atoms with Gasteiger partial charge >= 0.3 is 5.97 Å². The van der Waals surface area contributed by atoms with E-state index in [0.29, 0.717) is 6.42 Å². The summed E-state index contributed by atoms with van der Waals surface area (Å²) < 4.78 is 4.58. The molecule has 0 fully saturated rings. The van der Waals surface area contributed by atoms with E-state index in [1.165, 1.54) is 7.11 Å². The molecule has 0 spiro atoms. The van der Waals surface area contributed by atoms with Gasteiger partial charge in [0.2, 0.25) is 0 Å². The van der Waals surface area contributed by atoms with Crippen molar-refractivity contribution >= 4 is 17.7 Å². The van der Waals surface area contributed by atoms with E-state index in [1.807, 2.05) is 0 Å². The number of thioether (sulfide) groups is 1. The number of rotatable bonds is 7. The quantitative estimate of drug-likeness (QED) is 0.480. The highest BCUT2D eigenvalue weighted by Crippen LogP contribution is 2.13. The first kappa shape index (κ1) is 13.7. The van der Waals surface area contributed by atoms with Crippen LogP contribution < -0.4 is 5.73 Å². The molecule has 0 radical (unpaired) electrons. The van der Waals surface area contributed by atoms with E-state index in [4.69, 9.17) is 10.8 Å². The molecule has 3 N–H and O–H groups in total. The Morgan fingerprint density at radius 1 is 1.57 bits per heavy atom. The number of hydrogen-bond donors (Lipinski definition) is 2. The Labute approximate surface area is 89.2 Å². The number of ether oxygens (including phenoxy) is 1. The molecule has 0 amide bonds. The second-order valence-corrected chi connectivity index (χ2v) is 4.57. The van der Waals surface area contributed by atoms with Crippen molar-refractivity contribution in [1.82, 2.24) is 0 Å². The Kier molecular flexibility index (Phi) is 6.96. The molecule has 0 aliphatic carbocycles. The van der Waals surface area contributed by atoms with Crippen LogP contribution in [-0.2, 0) is 9.53 Å². The van der Waals surface area contributed by atoms with Gasteiger partial charge in [0.15, 0.2) is 0 Å². The minimum absolute atomic E-state index is 0.196. The van der Waals surface area contributed by atoms with Gasteiger partial charge in [-0.1, -0.05) is 0 Å². The average Bonchev–Trinajstić information content (AvgIpc) is 2.16. The van der Waals surface area contributed by atoms with Crippen molar-refractivity contribution in [2.45, 2.75) is 25.3 Å². The number of carbonyl (C=O) groups excluding carboxylic acids is 1. The lowest BCUT2D eigenvalue weighted by Crippen LogP contribution is -2.45. The summed E-state index contributed by atoms with van der Waals surface area (Å²) in [5.74, 6) is 1.27. The lowest BCUT2D eigenvalue weighted by molar-refractivity contribution is -0.146. The molecule has 84 valence electrons. The summed E-state index contributed by atoms with van der Waals surface area (Å²) in [6, 6.07) is 0. The van der Waals surface area contributed by atoms with Gasteiger partial charge in [-0.15, -0.1) is 0 Å². The summed E-state index contributed by atoms with van der Waals surface area (Å²) in [7, 11) is 1.34. The Morgan fingerprint density at radius 2 is 2.21 bits per heavy atom. The number of hydrogen-bond acceptors (Lipinski definition) is 5. The Hall–Kier alpha value is -0.260. The van der Waals surface area contributed by atoms with Crippen LogP contribution in [0.2, 0.25) is 0 Å². The molecule has 0 saturated carbocycles. The molecule has 0 aliphatic heterocycles. The summed E-state index contributed by atoms with van der Waals surface area (Å²) in [4.78, 5) is 11.2. The van der Waals surface area contributed by atoms with Crippen LogP contribution in [0, 0.1) is 0 Å². The molecular formula is C9H19NO3S. The maximum Gasteiger partial charge on any atom is 0.325 e. The summed E-state index contributed by atoms with van der Waals surface area (Å²) >= 11 is 1.66. The number of methoxy groups -OCH3 is 1. The van der Waals surface area contributed by atoms with Gasteiger partial charge in [-0.25, -0.2) is 0 Å². The zero-order valence-electron chi connectivity index (χ0n) is 8.78. The first-order valence-corrected chi connectivity index (χ1v) is 5.76. The molecule has 1 atom stereocenters. The van der Waals surface area contributed by atoms with Crippen molar-refractivity contribution in [3.8, 4) is 0 Å². The molecular weight excluding hydrogens is 202 g/mol. The van der Waals surface area contributed by atoms with Gasteiger partial charge in [0, 0.05) is 5.75 Å². The normalized spacial score (nSPS) is 14.9. The number of aliphatic hydroxyl groups excluding tert-OH is 1. The third kappa shape index (κ3) is 5.47. The molecule has 1 unspecified atom stereocenters. The third-order valence-corrected chi connectivity index (χ3v) is 2.92. The van der Waals surface area contributed by atoms with Crippen LogP contribution >= 0.6 is 11.8 Å². The minimum atomic E-state index is -0.880. The molecule has 0 aromatic rings. The average molecular weight is 221 g/mol. The van der Waals surface area contributed by atoms with Gasteiger partial charge in [-0.3, -0.25) is 4.79 Å². The molecule has 0 aliphatic rings. The van der Waals surface area contributed by atoms with E-state index in [2.05, 4.69) is 4.74 Å². The predicted molar refractivity (Wildman–Crippen MR) is 58.3 cm³/mol. The van der Waals surface area contributed by atoms with Gasteiger partial charge < -0.3 is 15.6 Å². The molecule has 4 nitrogen and oxygen atoms in total. The molecule has 0 saturated heterocycles. The second-order valence-electron chi connectivity index (χ2n) is 3.35. The highest BCUT2D eigenvalue weighted by atomic mass is 32.2. The van der Waals surface area contributed by atoms with Crippen LogP contribution in [0.3, 0.4) is 0 Å². The van der Waals surface area contributed by atoms with E-state index in [1.54, 1.807) is 18.7 Å². The molecule has 0 aromatic heterocycles. The highest BCUT2D eigenvalue weighted by Gasteiger charge is 2.28. The topological polar surface area (TPSA) is 72.5 Å². The fourth-order valence-electron chi connectivity index (χ4n) is 1.04. The first-order valence-electron chi connectivity index (χ1n) is 4.60. The standard InChI is InChI=1S/C9H19NO3S/c1-9(10,8(12)13-2)4-3-6-14-7-5-11/h11H,3-7,10H2,1-2H3. The highest BCUT2D eigenvalue weighted by molar-refractivity contribution is 7.99. The number of esters is 1. The van der Waals surface area contributed by atoms with E-state index in [0.717, 1.165) is 17.9 Å². The van der Waals surface area contributed by atoms with E-state index < -0.39 is 5.54 Å². The Balaban J connectivity index is 3.60. The van der Waals surface area contributed by atoms with Gasteiger partial charge in [0.25, 0.3) is 0 Å². The SMILES string of the molecule is COC(=O)C(C)(N)CCCSCCO. The summed E-state index contributed by atoms with van der Waals surface area (Å²) in [6.45, 7) is 1.87. The monoisotopic (exact) mass is 221 g/mol. The van der Waals surface area contributed by atoms with Crippen molar-refractivity contribution in [3.05, 3.63) is 0 Å². The zero-order chi connectivity index (χ0) is 11.0. The predicted octanol–water partition coefficient (Wildman–Crippen LogP) is 0.382. The van der Waals surface area contributed by atoms with Crippen molar-refractivity contribution in [2.75, 3.05) is 25.2 Å². The second kappa shape index (κ2) is 7.09. The van der Waals surface area contributed by atoms with Crippen LogP contribution in [0.4, 0.5) is 0 Å². The maximum atomic E-state index is 11.2. The third-order valence-electron chi connectivity index (χ3n) is 1.87. The van der Waals surface area contributed by atoms with Crippen LogP contribution in [-0.4, -0.2) is 41.8 Å². The van der Waals surface area contributed by atoms with Crippen molar-refractivity contribution in [2.24, 2.45) is 5.73 Å². The van der Waals surface area contributed by atoms with Crippen LogP contribution in [0.5, 0.6) is 0 Å². The summed E-state index contributed by atoms with van der Waals surface area (Å²) in [5, 5.41) is 8.53.